The van der Waals surface area contributed by atoms with Crippen LogP contribution in [0, 0.1) is 2.88 Å². The third-order valence-corrected chi connectivity index (χ3v) is 3.98. The molecule has 1 aromatic carbocycles. The van der Waals surface area contributed by atoms with E-state index in [9.17, 15) is 9.90 Å². The molecule has 0 saturated carbocycles. The van der Waals surface area contributed by atoms with E-state index in [1.54, 1.807) is 29.5 Å². The third kappa shape index (κ3) is 3.44. The maximum Gasteiger partial charge on any atom is 0.252 e. The largest absolute Gasteiger partial charge is 0.508 e. The van der Waals surface area contributed by atoms with Gasteiger partial charge in [-0.05, 0) is 46.4 Å². The van der Waals surface area contributed by atoms with Gasteiger partial charge in [0, 0.05) is 11.9 Å². The van der Waals surface area contributed by atoms with Crippen molar-refractivity contribution in [2.45, 2.75) is 6.54 Å². The summed E-state index contributed by atoms with van der Waals surface area (Å²) >= 11 is 3.73. The van der Waals surface area contributed by atoms with Crippen LogP contribution in [0.1, 0.15) is 15.9 Å². The predicted molar refractivity (Wildman–Crippen MR) is 76.3 cm³/mol. The van der Waals surface area contributed by atoms with E-state index in [0.29, 0.717) is 12.1 Å². The predicted octanol–water partition coefficient (Wildman–Crippen LogP) is 2.99. The molecule has 1 aromatic heterocycles. The van der Waals surface area contributed by atoms with Crippen molar-refractivity contribution in [3.8, 4) is 5.75 Å². The van der Waals surface area contributed by atoms with Crippen molar-refractivity contribution in [1.29, 1.82) is 0 Å². The second-order valence-corrected chi connectivity index (χ2v) is 6.30. The number of halogens is 1. The van der Waals surface area contributed by atoms with Crippen molar-refractivity contribution in [2.75, 3.05) is 0 Å². The number of hydrogen-bond donors (Lipinski definition) is 2. The Hall–Kier alpha value is -1.08. The van der Waals surface area contributed by atoms with Crippen LogP contribution in [0.4, 0.5) is 0 Å². The van der Waals surface area contributed by atoms with Crippen LogP contribution >= 0.6 is 33.9 Å². The molecule has 1 heterocycles. The Kier molecular flexibility index (Phi) is 4.01. The zero-order valence-corrected chi connectivity index (χ0v) is 11.8. The maximum absolute atomic E-state index is 11.7. The van der Waals surface area contributed by atoms with Crippen LogP contribution < -0.4 is 5.32 Å². The fraction of sp³-hybridized carbons (Fsp3) is 0.0833. The first-order valence-electron chi connectivity index (χ1n) is 4.95. The number of carbonyl (C=O) groups is 1. The maximum atomic E-state index is 11.7. The summed E-state index contributed by atoms with van der Waals surface area (Å²) in [6.07, 6.45) is 0. The van der Waals surface area contributed by atoms with Crippen molar-refractivity contribution in [3.63, 3.8) is 0 Å². The van der Waals surface area contributed by atoms with Gasteiger partial charge in [-0.2, -0.15) is 0 Å². The van der Waals surface area contributed by atoms with E-state index >= 15 is 0 Å². The molecule has 2 rings (SSSR count). The monoisotopic (exact) mass is 359 g/mol. The van der Waals surface area contributed by atoms with Crippen molar-refractivity contribution in [2.24, 2.45) is 0 Å². The number of phenolic OH excluding ortho intramolecular Hbond substituents is 1. The molecule has 0 saturated heterocycles. The summed E-state index contributed by atoms with van der Waals surface area (Å²) in [4.78, 5) is 11.7. The zero-order chi connectivity index (χ0) is 12.3. The summed E-state index contributed by atoms with van der Waals surface area (Å²) in [7, 11) is 0. The number of amides is 1. The average molecular weight is 359 g/mol. The van der Waals surface area contributed by atoms with Gasteiger partial charge in [0.25, 0.3) is 5.91 Å². The quantitative estimate of drug-likeness (QED) is 0.828. The minimum atomic E-state index is -0.0903. The second-order valence-electron chi connectivity index (χ2n) is 3.49. The van der Waals surface area contributed by atoms with E-state index < -0.39 is 0 Å². The molecule has 2 N–H and O–H groups in total. The highest BCUT2D eigenvalue weighted by atomic mass is 127. The van der Waals surface area contributed by atoms with Crippen molar-refractivity contribution >= 4 is 39.8 Å². The van der Waals surface area contributed by atoms with Gasteiger partial charge in [-0.3, -0.25) is 4.79 Å². The number of thiophene rings is 1. The normalized spacial score (nSPS) is 10.2. The number of rotatable bonds is 3. The van der Waals surface area contributed by atoms with Crippen molar-refractivity contribution in [1.82, 2.24) is 5.32 Å². The Morgan fingerprint density at radius 1 is 1.41 bits per heavy atom. The number of aromatic hydroxyl groups is 1. The van der Waals surface area contributed by atoms with Gasteiger partial charge in [0.2, 0.25) is 0 Å². The summed E-state index contributed by atoms with van der Waals surface area (Å²) in [5.41, 5.74) is 1.56. The lowest BCUT2D eigenvalue weighted by molar-refractivity contribution is 0.0951. The van der Waals surface area contributed by atoms with Gasteiger partial charge in [-0.15, -0.1) is 11.3 Å². The van der Waals surface area contributed by atoms with Crippen LogP contribution in [-0.4, -0.2) is 11.0 Å². The number of hydrogen-bond acceptors (Lipinski definition) is 3. The highest BCUT2D eigenvalue weighted by molar-refractivity contribution is 14.1. The SMILES string of the molecule is O=C(NCc1cccc(O)c1)c1csc(I)c1. The summed E-state index contributed by atoms with van der Waals surface area (Å²) in [6, 6.07) is 8.70. The molecule has 0 bridgehead atoms. The number of nitrogens with one attached hydrogen (secondary N) is 1. The molecule has 2 aromatic rings. The lowest BCUT2D eigenvalue weighted by atomic mass is 10.2. The fourth-order valence-electron chi connectivity index (χ4n) is 1.38. The molecule has 0 spiro atoms. The molecule has 88 valence electrons. The van der Waals surface area contributed by atoms with E-state index in [4.69, 9.17) is 0 Å². The van der Waals surface area contributed by atoms with Gasteiger partial charge >= 0.3 is 0 Å². The van der Waals surface area contributed by atoms with Crippen LogP contribution in [0.15, 0.2) is 35.7 Å². The van der Waals surface area contributed by atoms with Gasteiger partial charge in [0.15, 0.2) is 0 Å². The Bertz CT molecular complexity index is 539. The average Bonchev–Trinajstić information content (AvgIpc) is 2.73. The second kappa shape index (κ2) is 5.50. The smallest absolute Gasteiger partial charge is 0.252 e. The molecule has 3 nitrogen and oxygen atoms in total. The Labute approximate surface area is 117 Å². The first-order valence-corrected chi connectivity index (χ1v) is 6.91. The molecule has 0 radical (unpaired) electrons. The van der Waals surface area contributed by atoms with E-state index in [-0.39, 0.29) is 11.7 Å². The molecule has 0 aliphatic heterocycles. The van der Waals surface area contributed by atoms with Crippen LogP contribution in [0.3, 0.4) is 0 Å². The first-order chi connectivity index (χ1) is 8.15. The Morgan fingerprint density at radius 2 is 2.24 bits per heavy atom. The third-order valence-electron chi connectivity index (χ3n) is 2.19. The van der Waals surface area contributed by atoms with Crippen LogP contribution in [0.25, 0.3) is 0 Å². The van der Waals surface area contributed by atoms with Crippen LogP contribution in [-0.2, 0) is 6.54 Å². The van der Waals surface area contributed by atoms with Gasteiger partial charge in [0.1, 0.15) is 5.75 Å². The summed E-state index contributed by atoms with van der Waals surface area (Å²) in [5.74, 6) is 0.120. The van der Waals surface area contributed by atoms with Crippen LogP contribution in [0.5, 0.6) is 5.75 Å². The standard InChI is InChI=1S/C12H10INO2S/c13-11-5-9(7-17-11)12(16)14-6-8-2-1-3-10(15)4-8/h1-5,7,15H,6H2,(H,14,16). The Morgan fingerprint density at radius 3 is 2.88 bits per heavy atom. The van der Waals surface area contributed by atoms with E-state index in [1.165, 1.54) is 0 Å². The summed E-state index contributed by atoms with van der Waals surface area (Å²) in [5, 5.41) is 13.9. The Balaban J connectivity index is 1.97. The molecular formula is C12H10INO2S. The van der Waals surface area contributed by atoms with Gasteiger partial charge in [-0.25, -0.2) is 0 Å². The van der Waals surface area contributed by atoms with Gasteiger partial charge in [-0.1, -0.05) is 12.1 Å². The fourth-order valence-corrected chi connectivity index (χ4v) is 2.71. The van der Waals surface area contributed by atoms with Gasteiger partial charge in [0.05, 0.1) is 8.45 Å². The highest BCUT2D eigenvalue weighted by Crippen LogP contribution is 2.16. The summed E-state index contributed by atoms with van der Waals surface area (Å²) in [6.45, 7) is 0.416. The minimum Gasteiger partial charge on any atom is -0.508 e. The highest BCUT2D eigenvalue weighted by Gasteiger charge is 2.07. The zero-order valence-electron chi connectivity index (χ0n) is 8.81. The molecule has 1 amide bonds. The van der Waals surface area contributed by atoms with Crippen molar-refractivity contribution in [3.05, 3.63) is 49.7 Å². The lowest BCUT2D eigenvalue weighted by Gasteiger charge is -2.04. The molecule has 17 heavy (non-hydrogen) atoms. The number of carbonyl (C=O) groups excluding carboxylic acids is 1. The molecule has 0 aliphatic carbocycles. The molecule has 0 unspecified atom stereocenters. The lowest BCUT2D eigenvalue weighted by Crippen LogP contribution is -2.22. The van der Waals surface area contributed by atoms with Crippen molar-refractivity contribution < 1.29 is 9.90 Å². The summed E-state index contributed by atoms with van der Waals surface area (Å²) < 4.78 is 1.09. The first kappa shape index (κ1) is 12.4. The molecular weight excluding hydrogens is 349 g/mol. The van der Waals surface area contributed by atoms with Crippen LogP contribution in [0.2, 0.25) is 0 Å². The van der Waals surface area contributed by atoms with E-state index in [0.717, 1.165) is 8.45 Å². The molecule has 0 fully saturated rings. The van der Waals surface area contributed by atoms with Gasteiger partial charge < -0.3 is 10.4 Å². The minimum absolute atomic E-state index is 0.0903. The topological polar surface area (TPSA) is 49.3 Å². The number of phenols is 1. The van der Waals surface area contributed by atoms with E-state index in [1.807, 2.05) is 17.5 Å². The molecule has 0 atom stereocenters. The number of benzene rings is 1. The molecule has 0 aliphatic rings. The molecule has 5 heteroatoms. The van der Waals surface area contributed by atoms with E-state index in [2.05, 4.69) is 27.9 Å².